The van der Waals surface area contributed by atoms with Crippen molar-refractivity contribution in [1.29, 1.82) is 0 Å². The number of carbonyl (C=O) groups excluding carboxylic acids is 2. The van der Waals surface area contributed by atoms with Crippen LogP contribution in [0.25, 0.3) is 0 Å². The lowest BCUT2D eigenvalue weighted by Gasteiger charge is -2.16. The SMILES string of the molecule is CCC1CC(=O)N(Cc2cccc(C(=O)NN)n2)C1. The summed E-state index contributed by atoms with van der Waals surface area (Å²) in [6.07, 6.45) is 1.62. The molecule has 102 valence electrons. The first-order valence-electron chi connectivity index (χ1n) is 6.38. The lowest BCUT2D eigenvalue weighted by atomic mass is 10.1. The molecule has 6 nitrogen and oxygen atoms in total. The molecule has 1 atom stereocenters. The summed E-state index contributed by atoms with van der Waals surface area (Å²) in [7, 11) is 0. The van der Waals surface area contributed by atoms with Gasteiger partial charge in [-0.15, -0.1) is 0 Å². The predicted molar refractivity (Wildman–Crippen MR) is 69.7 cm³/mol. The van der Waals surface area contributed by atoms with Gasteiger partial charge >= 0.3 is 0 Å². The Morgan fingerprint density at radius 2 is 2.37 bits per heavy atom. The Morgan fingerprint density at radius 1 is 1.58 bits per heavy atom. The first kappa shape index (κ1) is 13.5. The summed E-state index contributed by atoms with van der Waals surface area (Å²) >= 11 is 0. The lowest BCUT2D eigenvalue weighted by molar-refractivity contribution is -0.128. The zero-order valence-electron chi connectivity index (χ0n) is 10.9. The van der Waals surface area contributed by atoms with E-state index in [0.29, 0.717) is 24.6 Å². The number of amides is 2. The average molecular weight is 262 g/mol. The number of carbonyl (C=O) groups is 2. The van der Waals surface area contributed by atoms with Crippen molar-refractivity contribution in [3.8, 4) is 0 Å². The van der Waals surface area contributed by atoms with E-state index in [1.165, 1.54) is 0 Å². The van der Waals surface area contributed by atoms with E-state index < -0.39 is 5.91 Å². The van der Waals surface area contributed by atoms with E-state index in [9.17, 15) is 9.59 Å². The maximum Gasteiger partial charge on any atom is 0.283 e. The van der Waals surface area contributed by atoms with Gasteiger partial charge in [-0.3, -0.25) is 15.0 Å². The Morgan fingerprint density at radius 3 is 3.00 bits per heavy atom. The number of nitrogens with one attached hydrogen (secondary N) is 1. The largest absolute Gasteiger partial charge is 0.336 e. The third kappa shape index (κ3) is 3.08. The molecule has 1 saturated heterocycles. The van der Waals surface area contributed by atoms with Gasteiger partial charge in [0.2, 0.25) is 5.91 Å². The molecule has 3 N–H and O–H groups in total. The van der Waals surface area contributed by atoms with Crippen molar-refractivity contribution in [1.82, 2.24) is 15.3 Å². The Kier molecular flexibility index (Phi) is 4.11. The maximum atomic E-state index is 11.8. The van der Waals surface area contributed by atoms with Crippen LogP contribution in [0.4, 0.5) is 0 Å². The minimum atomic E-state index is -0.430. The first-order valence-corrected chi connectivity index (χ1v) is 6.38. The highest BCUT2D eigenvalue weighted by atomic mass is 16.2. The van der Waals surface area contributed by atoms with E-state index in [0.717, 1.165) is 13.0 Å². The molecule has 1 aliphatic rings. The van der Waals surface area contributed by atoms with Crippen molar-refractivity contribution in [3.63, 3.8) is 0 Å². The van der Waals surface area contributed by atoms with Gasteiger partial charge in [0.25, 0.3) is 5.91 Å². The topological polar surface area (TPSA) is 88.3 Å². The Labute approximate surface area is 112 Å². The molecule has 0 aromatic carbocycles. The van der Waals surface area contributed by atoms with Crippen LogP contribution in [0.15, 0.2) is 18.2 Å². The van der Waals surface area contributed by atoms with Crippen LogP contribution in [0.5, 0.6) is 0 Å². The van der Waals surface area contributed by atoms with Crippen LogP contribution in [0.2, 0.25) is 0 Å². The van der Waals surface area contributed by atoms with E-state index in [1.54, 1.807) is 23.1 Å². The van der Waals surface area contributed by atoms with Crippen LogP contribution < -0.4 is 11.3 Å². The fourth-order valence-electron chi connectivity index (χ4n) is 2.24. The maximum absolute atomic E-state index is 11.8. The van der Waals surface area contributed by atoms with Crippen LogP contribution in [-0.2, 0) is 11.3 Å². The normalized spacial score (nSPS) is 18.7. The summed E-state index contributed by atoms with van der Waals surface area (Å²) in [6.45, 7) is 3.30. The molecule has 2 amide bonds. The van der Waals surface area contributed by atoms with Crippen LogP contribution in [0.3, 0.4) is 0 Å². The fraction of sp³-hybridized carbons (Fsp3) is 0.462. The molecule has 1 aromatic rings. The number of pyridine rings is 1. The van der Waals surface area contributed by atoms with Gasteiger partial charge in [0.05, 0.1) is 12.2 Å². The molecule has 0 bridgehead atoms. The summed E-state index contributed by atoms with van der Waals surface area (Å²) in [6, 6.07) is 5.14. The zero-order chi connectivity index (χ0) is 13.8. The molecule has 1 unspecified atom stereocenters. The van der Waals surface area contributed by atoms with Crippen molar-refractivity contribution in [2.24, 2.45) is 11.8 Å². The van der Waals surface area contributed by atoms with Crippen molar-refractivity contribution >= 4 is 11.8 Å². The zero-order valence-corrected chi connectivity index (χ0v) is 10.9. The van der Waals surface area contributed by atoms with Gasteiger partial charge in [0.15, 0.2) is 0 Å². The summed E-state index contributed by atoms with van der Waals surface area (Å²) in [5.74, 6) is 5.23. The van der Waals surface area contributed by atoms with Crippen molar-refractivity contribution in [3.05, 3.63) is 29.6 Å². The van der Waals surface area contributed by atoms with Crippen molar-refractivity contribution in [2.75, 3.05) is 6.54 Å². The summed E-state index contributed by atoms with van der Waals surface area (Å²) < 4.78 is 0. The highest BCUT2D eigenvalue weighted by Crippen LogP contribution is 2.21. The fourth-order valence-corrected chi connectivity index (χ4v) is 2.24. The van der Waals surface area contributed by atoms with Gasteiger partial charge in [-0.25, -0.2) is 10.8 Å². The van der Waals surface area contributed by atoms with Crippen LogP contribution in [-0.4, -0.2) is 28.2 Å². The van der Waals surface area contributed by atoms with Gasteiger partial charge in [0.1, 0.15) is 5.69 Å². The van der Waals surface area contributed by atoms with E-state index in [1.807, 2.05) is 5.43 Å². The predicted octanol–water partition coefficient (Wildman–Crippen LogP) is 0.444. The Bertz CT molecular complexity index is 489. The number of hydrogen-bond donors (Lipinski definition) is 2. The number of nitrogens with zero attached hydrogens (tertiary/aromatic N) is 2. The molecule has 0 aliphatic carbocycles. The highest BCUT2D eigenvalue weighted by Gasteiger charge is 2.28. The van der Waals surface area contributed by atoms with E-state index in [4.69, 9.17) is 5.84 Å². The highest BCUT2D eigenvalue weighted by molar-refractivity contribution is 5.91. The molecule has 6 heteroatoms. The molecule has 1 aliphatic heterocycles. The molecule has 1 aromatic heterocycles. The summed E-state index contributed by atoms with van der Waals surface area (Å²) in [5, 5.41) is 0. The monoisotopic (exact) mass is 262 g/mol. The van der Waals surface area contributed by atoms with Gasteiger partial charge in [-0.05, 0) is 18.1 Å². The van der Waals surface area contributed by atoms with E-state index in [-0.39, 0.29) is 11.6 Å². The van der Waals surface area contributed by atoms with E-state index in [2.05, 4.69) is 11.9 Å². The number of hydrazine groups is 1. The average Bonchev–Trinajstić information content (AvgIpc) is 2.79. The molecule has 0 spiro atoms. The second-order valence-corrected chi connectivity index (χ2v) is 4.74. The molecule has 0 radical (unpaired) electrons. The Hall–Kier alpha value is -1.95. The molecule has 2 rings (SSSR count). The van der Waals surface area contributed by atoms with Crippen molar-refractivity contribution in [2.45, 2.75) is 26.3 Å². The van der Waals surface area contributed by atoms with Gasteiger partial charge < -0.3 is 4.90 Å². The molecule has 0 saturated carbocycles. The van der Waals surface area contributed by atoms with Gasteiger partial charge in [-0.2, -0.15) is 0 Å². The molecule has 2 heterocycles. The Balaban J connectivity index is 2.07. The minimum absolute atomic E-state index is 0.155. The van der Waals surface area contributed by atoms with Gasteiger partial charge in [0, 0.05) is 13.0 Å². The second-order valence-electron chi connectivity index (χ2n) is 4.74. The second kappa shape index (κ2) is 5.79. The van der Waals surface area contributed by atoms with Crippen LogP contribution >= 0.6 is 0 Å². The molecule has 19 heavy (non-hydrogen) atoms. The quantitative estimate of drug-likeness (QED) is 0.468. The number of likely N-dealkylation sites (tertiary alicyclic amines) is 1. The minimum Gasteiger partial charge on any atom is -0.336 e. The summed E-state index contributed by atoms with van der Waals surface area (Å²) in [5.41, 5.74) is 3.01. The summed E-state index contributed by atoms with van der Waals surface area (Å²) in [4.78, 5) is 29.2. The smallest absolute Gasteiger partial charge is 0.283 e. The number of nitrogens with two attached hydrogens (primary N) is 1. The number of aromatic nitrogens is 1. The standard InChI is InChI=1S/C13H18N4O2/c1-2-9-6-12(18)17(7-9)8-10-4-3-5-11(15-10)13(19)16-14/h3-5,9H,2,6-8,14H2,1H3,(H,16,19). The number of rotatable bonds is 4. The van der Waals surface area contributed by atoms with E-state index >= 15 is 0 Å². The van der Waals surface area contributed by atoms with Crippen LogP contribution in [0, 0.1) is 5.92 Å². The third-order valence-corrected chi connectivity index (χ3v) is 3.40. The van der Waals surface area contributed by atoms with Crippen LogP contribution in [0.1, 0.15) is 35.9 Å². The molecule has 1 fully saturated rings. The third-order valence-electron chi connectivity index (χ3n) is 3.40. The van der Waals surface area contributed by atoms with Gasteiger partial charge in [-0.1, -0.05) is 19.4 Å². The lowest BCUT2D eigenvalue weighted by Crippen LogP contribution is -2.31. The number of hydrogen-bond acceptors (Lipinski definition) is 4. The molecular weight excluding hydrogens is 244 g/mol. The van der Waals surface area contributed by atoms with Crippen molar-refractivity contribution < 1.29 is 9.59 Å². The molecular formula is C13H18N4O2. The first-order chi connectivity index (χ1) is 9.13. The number of nitrogen functional groups attached to an aromatic ring is 1.